The summed E-state index contributed by atoms with van der Waals surface area (Å²) in [4.78, 5) is 15.7. The van der Waals surface area contributed by atoms with E-state index in [4.69, 9.17) is 12.2 Å². The van der Waals surface area contributed by atoms with Crippen LogP contribution in [0.1, 0.15) is 0 Å². The fourth-order valence-electron chi connectivity index (χ4n) is 1.72. The number of aryl methyl sites for hydroxylation is 1. The molecule has 0 spiro atoms. The molecule has 94 valence electrons. The number of nitrogens with one attached hydrogen (secondary N) is 1. The minimum atomic E-state index is 0.498. The highest BCUT2D eigenvalue weighted by Crippen LogP contribution is 2.19. The quantitative estimate of drug-likeness (QED) is 0.721. The Morgan fingerprint density at radius 2 is 2.16 bits per heavy atom. The van der Waals surface area contributed by atoms with E-state index in [0.29, 0.717) is 16.2 Å². The SMILES string of the molecule is Cn1cc(-c2cc(=S)nc(-c3cnccn3)[nH]2)cn1. The van der Waals surface area contributed by atoms with Gasteiger partial charge in [-0.25, -0.2) is 9.97 Å². The molecular formula is C12H10N6S. The molecule has 0 atom stereocenters. The third-order valence-corrected chi connectivity index (χ3v) is 2.77. The van der Waals surface area contributed by atoms with E-state index in [-0.39, 0.29) is 0 Å². The summed E-state index contributed by atoms with van der Waals surface area (Å²) in [6, 6.07) is 1.80. The van der Waals surface area contributed by atoms with Crippen LogP contribution in [0.25, 0.3) is 22.8 Å². The highest BCUT2D eigenvalue weighted by Gasteiger charge is 2.06. The number of hydrogen-bond donors (Lipinski definition) is 1. The summed E-state index contributed by atoms with van der Waals surface area (Å²) in [6.07, 6.45) is 8.54. The Kier molecular flexibility index (Phi) is 2.88. The van der Waals surface area contributed by atoms with Crippen LogP contribution in [0.4, 0.5) is 0 Å². The van der Waals surface area contributed by atoms with Gasteiger partial charge < -0.3 is 4.98 Å². The Hall–Kier alpha value is -2.41. The predicted octanol–water partition coefficient (Wildman–Crippen LogP) is 2.00. The van der Waals surface area contributed by atoms with Crippen molar-refractivity contribution in [1.82, 2.24) is 29.7 Å². The first-order chi connectivity index (χ1) is 9.22. The summed E-state index contributed by atoms with van der Waals surface area (Å²) in [5, 5.41) is 4.14. The van der Waals surface area contributed by atoms with Gasteiger partial charge in [0.1, 0.15) is 10.3 Å². The van der Waals surface area contributed by atoms with Gasteiger partial charge in [0.15, 0.2) is 5.82 Å². The first-order valence-electron chi connectivity index (χ1n) is 5.59. The molecule has 3 aromatic heterocycles. The zero-order chi connectivity index (χ0) is 13.2. The molecule has 3 aromatic rings. The summed E-state index contributed by atoms with van der Waals surface area (Å²) < 4.78 is 2.23. The lowest BCUT2D eigenvalue weighted by Gasteiger charge is -2.03. The smallest absolute Gasteiger partial charge is 0.159 e. The minimum Gasteiger partial charge on any atom is -0.338 e. The molecule has 6 nitrogen and oxygen atoms in total. The van der Waals surface area contributed by atoms with Crippen LogP contribution >= 0.6 is 12.2 Å². The number of aromatic nitrogens is 6. The predicted molar refractivity (Wildman–Crippen MR) is 72.6 cm³/mol. The number of aromatic amines is 1. The fourth-order valence-corrected chi connectivity index (χ4v) is 1.93. The van der Waals surface area contributed by atoms with Gasteiger partial charge >= 0.3 is 0 Å². The molecule has 0 aliphatic heterocycles. The van der Waals surface area contributed by atoms with Crippen molar-refractivity contribution in [3.8, 4) is 22.8 Å². The summed E-state index contributed by atoms with van der Waals surface area (Å²) in [6.45, 7) is 0. The van der Waals surface area contributed by atoms with Crippen molar-refractivity contribution in [2.45, 2.75) is 0 Å². The molecule has 1 N–H and O–H groups in total. The molecule has 0 fully saturated rings. The lowest BCUT2D eigenvalue weighted by atomic mass is 10.2. The Bertz CT molecular complexity index is 761. The number of H-pyrrole nitrogens is 1. The van der Waals surface area contributed by atoms with E-state index in [1.165, 1.54) is 0 Å². The van der Waals surface area contributed by atoms with Crippen LogP contribution in [0.2, 0.25) is 0 Å². The molecule has 0 amide bonds. The van der Waals surface area contributed by atoms with E-state index in [2.05, 4.69) is 25.0 Å². The zero-order valence-electron chi connectivity index (χ0n) is 10.1. The van der Waals surface area contributed by atoms with Gasteiger partial charge in [0.25, 0.3) is 0 Å². The normalized spacial score (nSPS) is 10.6. The molecule has 0 radical (unpaired) electrons. The topological polar surface area (TPSA) is 72.3 Å². The monoisotopic (exact) mass is 270 g/mol. The van der Waals surface area contributed by atoms with Gasteiger partial charge in [-0.2, -0.15) is 5.10 Å². The molecule has 0 saturated carbocycles. The molecule has 0 aromatic carbocycles. The van der Waals surface area contributed by atoms with Crippen molar-refractivity contribution in [1.29, 1.82) is 0 Å². The van der Waals surface area contributed by atoms with Crippen molar-refractivity contribution in [3.05, 3.63) is 41.7 Å². The van der Waals surface area contributed by atoms with E-state index in [1.807, 2.05) is 13.2 Å². The Labute approximate surface area is 114 Å². The van der Waals surface area contributed by atoms with Crippen LogP contribution in [-0.4, -0.2) is 29.7 Å². The van der Waals surface area contributed by atoms with Crippen molar-refractivity contribution in [3.63, 3.8) is 0 Å². The van der Waals surface area contributed by atoms with Gasteiger partial charge in [0.05, 0.1) is 18.1 Å². The first kappa shape index (κ1) is 11.7. The molecule has 7 heteroatoms. The van der Waals surface area contributed by atoms with Crippen LogP contribution < -0.4 is 0 Å². The van der Waals surface area contributed by atoms with Gasteiger partial charge in [-0.05, 0) is 6.07 Å². The number of rotatable bonds is 2. The maximum absolute atomic E-state index is 5.19. The van der Waals surface area contributed by atoms with Crippen LogP contribution in [0.3, 0.4) is 0 Å². The van der Waals surface area contributed by atoms with Gasteiger partial charge in [0.2, 0.25) is 0 Å². The molecule has 19 heavy (non-hydrogen) atoms. The Morgan fingerprint density at radius 1 is 1.26 bits per heavy atom. The molecule has 0 aliphatic rings. The first-order valence-corrected chi connectivity index (χ1v) is 6.00. The third-order valence-electron chi connectivity index (χ3n) is 2.56. The molecule has 0 bridgehead atoms. The molecule has 0 aliphatic carbocycles. The average molecular weight is 270 g/mol. The zero-order valence-corrected chi connectivity index (χ0v) is 10.9. The summed E-state index contributed by atoms with van der Waals surface area (Å²) >= 11 is 5.19. The van der Waals surface area contributed by atoms with Crippen molar-refractivity contribution in [2.24, 2.45) is 7.05 Å². The van der Waals surface area contributed by atoms with Crippen molar-refractivity contribution in [2.75, 3.05) is 0 Å². The summed E-state index contributed by atoms with van der Waals surface area (Å²) in [5.41, 5.74) is 2.45. The maximum atomic E-state index is 5.19. The van der Waals surface area contributed by atoms with Crippen molar-refractivity contribution < 1.29 is 0 Å². The molecule has 0 saturated heterocycles. The van der Waals surface area contributed by atoms with Gasteiger partial charge in [-0.1, -0.05) is 12.2 Å². The van der Waals surface area contributed by atoms with Crippen LogP contribution in [0.5, 0.6) is 0 Å². The lowest BCUT2D eigenvalue weighted by Crippen LogP contribution is -1.94. The highest BCUT2D eigenvalue weighted by atomic mass is 32.1. The third kappa shape index (κ3) is 2.41. The lowest BCUT2D eigenvalue weighted by molar-refractivity contribution is 0.768. The van der Waals surface area contributed by atoms with E-state index >= 15 is 0 Å². The molecular weight excluding hydrogens is 260 g/mol. The van der Waals surface area contributed by atoms with Crippen LogP contribution in [0, 0.1) is 4.64 Å². The Balaban J connectivity index is 2.14. The largest absolute Gasteiger partial charge is 0.338 e. The van der Waals surface area contributed by atoms with Crippen molar-refractivity contribution >= 4 is 12.2 Å². The number of hydrogen-bond acceptors (Lipinski definition) is 5. The van der Waals surface area contributed by atoms with E-state index < -0.39 is 0 Å². The van der Waals surface area contributed by atoms with Crippen LogP contribution in [0.15, 0.2) is 37.1 Å². The number of nitrogens with zero attached hydrogens (tertiary/aromatic N) is 5. The second-order valence-corrected chi connectivity index (χ2v) is 4.39. The summed E-state index contributed by atoms with van der Waals surface area (Å²) in [7, 11) is 1.86. The van der Waals surface area contributed by atoms with E-state index in [0.717, 1.165) is 11.3 Å². The van der Waals surface area contributed by atoms with Gasteiger partial charge in [-0.3, -0.25) is 9.67 Å². The van der Waals surface area contributed by atoms with Gasteiger partial charge in [-0.15, -0.1) is 0 Å². The van der Waals surface area contributed by atoms with E-state index in [1.54, 1.807) is 35.5 Å². The fraction of sp³-hybridized carbons (Fsp3) is 0.0833. The highest BCUT2D eigenvalue weighted by molar-refractivity contribution is 7.71. The van der Waals surface area contributed by atoms with Gasteiger partial charge in [0, 0.05) is 31.2 Å². The summed E-state index contributed by atoms with van der Waals surface area (Å²) in [5.74, 6) is 0.597. The average Bonchev–Trinajstić information content (AvgIpc) is 2.86. The Morgan fingerprint density at radius 3 is 2.84 bits per heavy atom. The molecule has 3 rings (SSSR count). The second-order valence-electron chi connectivity index (χ2n) is 3.97. The second kappa shape index (κ2) is 4.69. The standard InChI is InChI=1S/C12H10N6S/c1-18-7-8(5-15-18)9-4-11(19)17-12(16-9)10-6-13-2-3-14-10/h2-7H,1H3,(H,16,17,19). The molecule has 0 unspecified atom stereocenters. The molecule has 3 heterocycles. The van der Waals surface area contributed by atoms with Crippen LogP contribution in [-0.2, 0) is 7.05 Å². The van der Waals surface area contributed by atoms with E-state index in [9.17, 15) is 0 Å². The maximum Gasteiger partial charge on any atom is 0.159 e. The minimum absolute atomic E-state index is 0.498.